The maximum absolute atomic E-state index is 7.51. The molecule has 0 spiro atoms. The molecule has 4 heteroatoms. The maximum atomic E-state index is 7.51. The first kappa shape index (κ1) is 56.1. The Morgan fingerprint density at radius 3 is 1.08 bits per heavy atom. The molecule has 0 unspecified atom stereocenters. The zero-order chi connectivity index (χ0) is 60.7. The molecule has 2 saturated carbocycles. The molecular formula is C86H80N2O2. The number of rotatable bonds is 14. The van der Waals surface area contributed by atoms with Crippen molar-refractivity contribution >= 4 is 110 Å². The average molecular weight is 1170 g/mol. The fraction of sp³-hybridized carbons (Fsp3) is 0.256. The number of benzene rings is 12. The van der Waals surface area contributed by atoms with Gasteiger partial charge >= 0.3 is 0 Å². The largest absolute Gasteiger partial charge is 0.453 e. The molecule has 0 amide bonds. The first-order valence-electron chi connectivity index (χ1n) is 33.9. The van der Waals surface area contributed by atoms with Crippen LogP contribution in [0.15, 0.2) is 215 Å². The number of furan rings is 2. The molecular weight excluding hydrogens is 1090 g/mol. The number of para-hydroxylation sites is 4. The van der Waals surface area contributed by atoms with Gasteiger partial charge in [-0.05, 0) is 177 Å². The topological polar surface area (TPSA) is 32.8 Å². The average Bonchev–Trinajstić information content (AvgIpc) is 0.722. The number of hydrogen-bond acceptors (Lipinski definition) is 4. The summed E-state index contributed by atoms with van der Waals surface area (Å²) >= 11 is 0. The van der Waals surface area contributed by atoms with Gasteiger partial charge in [-0.15, -0.1) is 0 Å². The van der Waals surface area contributed by atoms with E-state index >= 15 is 0 Å². The second-order valence-corrected chi connectivity index (χ2v) is 26.8. The molecule has 2 aliphatic rings. The maximum Gasteiger partial charge on any atom is 0.159 e. The molecule has 4 nitrogen and oxygen atoms in total. The van der Waals surface area contributed by atoms with Gasteiger partial charge in [0, 0.05) is 54.8 Å². The lowest BCUT2D eigenvalue weighted by Crippen LogP contribution is -2.15. The number of aryl methyl sites for hydroxylation is 2. The molecule has 2 aliphatic carbocycles. The predicted octanol–water partition coefficient (Wildman–Crippen LogP) is 26.1. The highest BCUT2D eigenvalue weighted by atomic mass is 16.3. The van der Waals surface area contributed by atoms with Crippen molar-refractivity contribution in [2.75, 3.05) is 9.80 Å². The minimum absolute atomic E-state index is 0.356. The Morgan fingerprint density at radius 2 is 0.689 bits per heavy atom. The zero-order valence-electron chi connectivity index (χ0n) is 53.1. The Bertz CT molecular complexity index is 4690. The van der Waals surface area contributed by atoms with Gasteiger partial charge in [0.05, 0.1) is 22.7 Å². The number of fused-ring (bicyclic) bond motifs is 6. The molecule has 2 aromatic heterocycles. The Kier molecular flexibility index (Phi) is 14.4. The van der Waals surface area contributed by atoms with E-state index in [-0.39, 0.29) is 0 Å². The van der Waals surface area contributed by atoms with Crippen molar-refractivity contribution in [2.45, 2.75) is 142 Å². The highest BCUT2D eigenvalue weighted by Gasteiger charge is 2.32. The third-order valence-electron chi connectivity index (χ3n) is 20.9. The lowest BCUT2D eigenvalue weighted by Gasteiger charge is -2.33. The predicted molar refractivity (Wildman–Crippen MR) is 384 cm³/mol. The minimum Gasteiger partial charge on any atom is -0.453 e. The molecule has 90 heavy (non-hydrogen) atoms. The van der Waals surface area contributed by atoms with Gasteiger partial charge in [-0.3, -0.25) is 0 Å². The van der Waals surface area contributed by atoms with Gasteiger partial charge in [-0.2, -0.15) is 0 Å². The molecule has 0 aliphatic heterocycles. The van der Waals surface area contributed by atoms with Crippen LogP contribution in [-0.4, -0.2) is 0 Å². The summed E-state index contributed by atoms with van der Waals surface area (Å²) in [5.74, 6) is 1.56. The Morgan fingerprint density at radius 1 is 0.333 bits per heavy atom. The quantitative estimate of drug-likeness (QED) is 0.102. The molecule has 16 rings (SSSR count). The molecule has 0 N–H and O–H groups in total. The second-order valence-electron chi connectivity index (χ2n) is 26.8. The van der Waals surface area contributed by atoms with Crippen LogP contribution in [0, 0.1) is 0 Å². The van der Waals surface area contributed by atoms with Crippen LogP contribution in [-0.2, 0) is 12.8 Å². The molecule has 2 heterocycles. The van der Waals surface area contributed by atoms with E-state index in [0.717, 1.165) is 90.6 Å². The van der Waals surface area contributed by atoms with Crippen LogP contribution in [0.4, 0.5) is 34.1 Å². The zero-order valence-corrected chi connectivity index (χ0v) is 53.1. The first-order valence-corrected chi connectivity index (χ1v) is 33.9. The van der Waals surface area contributed by atoms with Crippen LogP contribution in [0.5, 0.6) is 0 Å². The Labute approximate surface area is 530 Å². The van der Waals surface area contributed by atoms with Gasteiger partial charge in [0.2, 0.25) is 0 Å². The SMILES string of the molecule is CCc1ccc(N(c2cc(C3CCCCC3)c3ccc4c(N(c5ccc(CC)cc5)c5cccc6c5oc5c(-c7ccccc7C(C)C)cccc56)cc(C5CCCCC5)c5ccc2c3c54)c2cccc3c2oc2c(-c4ccccc4C(C)C)cccc23)cc1. The molecule has 446 valence electrons. The highest BCUT2D eigenvalue weighted by Crippen LogP contribution is 2.55. The number of anilines is 6. The fourth-order valence-corrected chi connectivity index (χ4v) is 16.3. The van der Waals surface area contributed by atoms with E-state index < -0.39 is 0 Å². The van der Waals surface area contributed by atoms with Gasteiger partial charge in [0.1, 0.15) is 11.2 Å². The van der Waals surface area contributed by atoms with Crippen LogP contribution >= 0.6 is 0 Å². The normalized spacial score (nSPS) is 14.5. The lowest BCUT2D eigenvalue weighted by molar-refractivity contribution is 0.445. The van der Waals surface area contributed by atoms with E-state index in [1.807, 2.05) is 0 Å². The Hall–Kier alpha value is -9.12. The second kappa shape index (κ2) is 23.0. The monoisotopic (exact) mass is 1170 g/mol. The Balaban J connectivity index is 0.999. The summed E-state index contributed by atoms with van der Waals surface area (Å²) < 4.78 is 15.0. The van der Waals surface area contributed by atoms with Gasteiger partial charge in [0.25, 0.3) is 0 Å². The standard InChI is InChI=1S/C86H80N2O2/c1-7-55-39-43-59(44-40-55)87(77-37-21-35-71-69-33-19-31-67(83(69)89-85(71)77)63-29-17-15-27-61(63)53(3)4)79-51-75(57-23-11-9-12-24-57)65-48-50-74-80(52-76(58-25-13-10-14-26-58)66-47-49-73(79)81(65)82(66)74)88(60-45-41-56(8-2)42-46-60)78-38-22-36-72-70-34-20-32-68(84(70)90-86(72)78)64-30-18-16-28-62(64)54(5)6/h15-22,27-54,57-58H,7-14,23-26H2,1-6H3. The molecule has 12 aromatic carbocycles. The van der Waals surface area contributed by atoms with E-state index in [4.69, 9.17) is 8.83 Å². The summed E-state index contributed by atoms with van der Waals surface area (Å²) in [6, 6.07) is 78.9. The van der Waals surface area contributed by atoms with Crippen molar-refractivity contribution in [2.24, 2.45) is 0 Å². The van der Waals surface area contributed by atoms with Crippen molar-refractivity contribution in [3.8, 4) is 22.3 Å². The highest BCUT2D eigenvalue weighted by molar-refractivity contribution is 6.30. The van der Waals surface area contributed by atoms with Crippen LogP contribution in [0.2, 0.25) is 0 Å². The smallest absolute Gasteiger partial charge is 0.159 e. The van der Waals surface area contributed by atoms with Crippen LogP contribution in [0.25, 0.3) is 98.4 Å². The van der Waals surface area contributed by atoms with Crippen LogP contribution in [0.3, 0.4) is 0 Å². The van der Waals surface area contributed by atoms with Crippen molar-refractivity contribution in [1.29, 1.82) is 0 Å². The van der Waals surface area contributed by atoms with E-state index in [9.17, 15) is 0 Å². The van der Waals surface area contributed by atoms with E-state index in [1.165, 1.54) is 152 Å². The van der Waals surface area contributed by atoms with Gasteiger partial charge in [0.15, 0.2) is 11.2 Å². The summed E-state index contributed by atoms with van der Waals surface area (Å²) in [6.07, 6.45) is 14.2. The van der Waals surface area contributed by atoms with Crippen molar-refractivity contribution < 1.29 is 8.83 Å². The third kappa shape index (κ3) is 9.29. The van der Waals surface area contributed by atoms with Gasteiger partial charge in [-0.25, -0.2) is 0 Å². The molecule has 0 bridgehead atoms. The lowest BCUT2D eigenvalue weighted by atomic mass is 9.77. The molecule has 0 saturated heterocycles. The van der Waals surface area contributed by atoms with E-state index in [1.54, 1.807) is 0 Å². The number of hydrogen-bond donors (Lipinski definition) is 0. The van der Waals surface area contributed by atoms with Crippen molar-refractivity contribution in [3.63, 3.8) is 0 Å². The summed E-state index contributed by atoms with van der Waals surface area (Å²) in [6.45, 7) is 13.7. The summed E-state index contributed by atoms with van der Waals surface area (Å²) in [4.78, 5) is 5.15. The third-order valence-corrected chi connectivity index (χ3v) is 20.9. The molecule has 14 aromatic rings. The van der Waals surface area contributed by atoms with E-state index in [2.05, 4.69) is 258 Å². The van der Waals surface area contributed by atoms with Crippen LogP contribution < -0.4 is 9.80 Å². The minimum atomic E-state index is 0.356. The first-order chi connectivity index (χ1) is 44.2. The van der Waals surface area contributed by atoms with Gasteiger partial charge in [-0.1, -0.05) is 238 Å². The van der Waals surface area contributed by atoms with Crippen molar-refractivity contribution in [3.05, 3.63) is 240 Å². The summed E-state index contributed by atoms with van der Waals surface area (Å²) in [5.41, 5.74) is 23.3. The molecule has 0 radical (unpaired) electrons. The summed E-state index contributed by atoms with van der Waals surface area (Å²) in [7, 11) is 0. The fourth-order valence-electron chi connectivity index (χ4n) is 16.3. The van der Waals surface area contributed by atoms with E-state index in [0.29, 0.717) is 23.7 Å². The van der Waals surface area contributed by atoms with Crippen LogP contribution in [0.1, 0.15) is 163 Å². The molecule has 0 atom stereocenters. The number of nitrogens with zero attached hydrogens (tertiary/aromatic N) is 2. The summed E-state index contributed by atoms with van der Waals surface area (Å²) in [5, 5.41) is 12.5. The van der Waals surface area contributed by atoms with Crippen molar-refractivity contribution in [1.82, 2.24) is 0 Å². The van der Waals surface area contributed by atoms with Gasteiger partial charge < -0.3 is 18.6 Å². The molecule has 2 fully saturated rings.